The number of nitrogens with one attached hydrogen (secondary N) is 2. The molecule has 1 aliphatic heterocycles. The lowest BCUT2D eigenvalue weighted by Crippen LogP contribution is -2.48. The Bertz CT molecular complexity index is 1080. The smallest absolute Gasteiger partial charge is 0.273 e. The van der Waals surface area contributed by atoms with Crippen LogP contribution in [0.4, 0.5) is 0 Å². The number of hydrazine groups is 1. The van der Waals surface area contributed by atoms with Gasteiger partial charge in [-0.05, 0) is 63.3 Å². The van der Waals surface area contributed by atoms with E-state index < -0.39 is 10.0 Å². The summed E-state index contributed by atoms with van der Waals surface area (Å²) in [5.41, 5.74) is 7.78. The van der Waals surface area contributed by atoms with Crippen LogP contribution in [0, 0.1) is 26.7 Å². The fraction of sp³-hybridized carbons (Fsp3) is 0.455. The normalized spacial score (nSPS) is 15.6. The third kappa shape index (κ3) is 5.16. The first kappa shape index (κ1) is 23.4. The number of thiophene rings is 1. The average molecular weight is 464 g/mol. The second kappa shape index (κ2) is 9.50. The number of sulfonamides is 1. The molecule has 9 heteroatoms. The van der Waals surface area contributed by atoms with Crippen LogP contribution < -0.4 is 10.9 Å². The highest BCUT2D eigenvalue weighted by atomic mass is 32.2. The van der Waals surface area contributed by atoms with Crippen molar-refractivity contribution in [3.63, 3.8) is 0 Å². The first-order valence-electron chi connectivity index (χ1n) is 10.4. The SMILES string of the molecule is CCc1sc(C(=O)NNC(=O)C2CCN(S(=O)(=O)c3ccc(C)cc3C)CC2)cc1C. The van der Waals surface area contributed by atoms with Gasteiger partial charge in [0.2, 0.25) is 15.9 Å². The number of piperidine rings is 1. The molecular weight excluding hydrogens is 434 g/mol. The van der Waals surface area contributed by atoms with Crippen molar-refractivity contribution < 1.29 is 18.0 Å². The van der Waals surface area contributed by atoms with Gasteiger partial charge in [-0.2, -0.15) is 4.31 Å². The molecule has 0 atom stereocenters. The van der Waals surface area contributed by atoms with Gasteiger partial charge in [0, 0.05) is 23.9 Å². The second-order valence-corrected chi connectivity index (χ2v) is 11.0. The van der Waals surface area contributed by atoms with Crippen LogP contribution in [-0.4, -0.2) is 37.6 Å². The quantitative estimate of drug-likeness (QED) is 0.666. The summed E-state index contributed by atoms with van der Waals surface area (Å²) in [5, 5.41) is 0. The zero-order valence-corrected chi connectivity index (χ0v) is 20.0. The largest absolute Gasteiger partial charge is 0.279 e. The molecule has 1 saturated heterocycles. The molecule has 0 spiro atoms. The Hall–Kier alpha value is -2.23. The van der Waals surface area contributed by atoms with Gasteiger partial charge in [-0.1, -0.05) is 24.6 Å². The van der Waals surface area contributed by atoms with Crippen molar-refractivity contribution in [2.45, 2.75) is 51.9 Å². The highest BCUT2D eigenvalue weighted by Crippen LogP contribution is 2.26. The van der Waals surface area contributed by atoms with Crippen LogP contribution in [-0.2, 0) is 21.2 Å². The molecule has 7 nitrogen and oxygen atoms in total. The van der Waals surface area contributed by atoms with Crippen molar-refractivity contribution in [2.24, 2.45) is 5.92 Å². The predicted molar refractivity (Wildman–Crippen MR) is 121 cm³/mol. The molecule has 31 heavy (non-hydrogen) atoms. The molecule has 2 aromatic rings. The van der Waals surface area contributed by atoms with Crippen molar-refractivity contribution in [3.8, 4) is 0 Å². The van der Waals surface area contributed by atoms with Crippen LogP contribution in [0.5, 0.6) is 0 Å². The molecule has 2 amide bonds. The molecule has 1 fully saturated rings. The zero-order valence-electron chi connectivity index (χ0n) is 18.3. The van der Waals surface area contributed by atoms with E-state index in [1.54, 1.807) is 19.1 Å². The average Bonchev–Trinajstić information content (AvgIpc) is 3.12. The Balaban J connectivity index is 1.55. The van der Waals surface area contributed by atoms with E-state index in [9.17, 15) is 18.0 Å². The van der Waals surface area contributed by atoms with Crippen LogP contribution in [0.2, 0.25) is 0 Å². The number of benzene rings is 1. The summed E-state index contributed by atoms with van der Waals surface area (Å²) in [4.78, 5) is 26.8. The lowest BCUT2D eigenvalue weighted by atomic mass is 9.98. The number of rotatable bonds is 5. The molecule has 0 saturated carbocycles. The molecule has 0 unspecified atom stereocenters. The fourth-order valence-corrected chi connectivity index (χ4v) is 6.54. The molecule has 0 aliphatic carbocycles. The van der Waals surface area contributed by atoms with E-state index in [0.717, 1.165) is 28.0 Å². The minimum Gasteiger partial charge on any atom is -0.273 e. The second-order valence-electron chi connectivity index (χ2n) is 7.96. The molecular formula is C22H29N3O4S2. The lowest BCUT2D eigenvalue weighted by molar-refractivity contribution is -0.126. The number of carbonyl (C=O) groups excluding carboxylic acids is 2. The molecule has 0 bridgehead atoms. The number of aryl methyl sites for hydroxylation is 4. The summed E-state index contributed by atoms with van der Waals surface area (Å²) in [6.07, 6.45) is 1.67. The highest BCUT2D eigenvalue weighted by molar-refractivity contribution is 7.89. The van der Waals surface area contributed by atoms with Crippen LogP contribution in [0.1, 0.15) is 51.0 Å². The topological polar surface area (TPSA) is 95.6 Å². The Morgan fingerprint density at radius 3 is 2.32 bits per heavy atom. The summed E-state index contributed by atoms with van der Waals surface area (Å²) in [7, 11) is -3.59. The van der Waals surface area contributed by atoms with Gasteiger partial charge in [-0.25, -0.2) is 8.42 Å². The fourth-order valence-electron chi connectivity index (χ4n) is 3.85. The lowest BCUT2D eigenvalue weighted by Gasteiger charge is -2.31. The van der Waals surface area contributed by atoms with Gasteiger partial charge >= 0.3 is 0 Å². The monoisotopic (exact) mass is 463 g/mol. The Labute approximate surface area is 187 Å². The highest BCUT2D eigenvalue weighted by Gasteiger charge is 2.33. The van der Waals surface area contributed by atoms with Gasteiger partial charge in [0.15, 0.2) is 0 Å². The van der Waals surface area contributed by atoms with Crippen LogP contribution in [0.3, 0.4) is 0 Å². The van der Waals surface area contributed by atoms with Crippen molar-refractivity contribution in [1.29, 1.82) is 0 Å². The first-order chi connectivity index (χ1) is 14.6. The van der Waals surface area contributed by atoms with E-state index >= 15 is 0 Å². The van der Waals surface area contributed by atoms with Gasteiger partial charge in [0.05, 0.1) is 9.77 Å². The van der Waals surface area contributed by atoms with Crippen molar-refractivity contribution in [2.75, 3.05) is 13.1 Å². The van der Waals surface area contributed by atoms with E-state index in [4.69, 9.17) is 0 Å². The Kier molecular flexibility index (Phi) is 7.18. The molecule has 0 radical (unpaired) electrons. The van der Waals surface area contributed by atoms with E-state index in [0.29, 0.717) is 22.6 Å². The minimum atomic E-state index is -3.59. The summed E-state index contributed by atoms with van der Waals surface area (Å²) < 4.78 is 27.4. The maximum Gasteiger partial charge on any atom is 0.279 e. The first-order valence-corrected chi connectivity index (χ1v) is 12.7. The van der Waals surface area contributed by atoms with Gasteiger partial charge in [-0.3, -0.25) is 20.4 Å². The molecule has 2 heterocycles. The molecule has 168 valence electrons. The molecule has 1 aromatic heterocycles. The molecule has 3 rings (SSSR count). The standard InChI is InChI=1S/C22H29N3O4S2/c1-5-18-15(3)13-19(30-18)22(27)24-23-21(26)17-8-10-25(11-9-17)31(28,29)20-7-6-14(2)12-16(20)4/h6-7,12-13,17H,5,8-11H2,1-4H3,(H,23,26)(H,24,27). The van der Waals surface area contributed by atoms with Crippen molar-refractivity contribution in [3.05, 3.63) is 50.7 Å². The van der Waals surface area contributed by atoms with E-state index in [1.807, 2.05) is 32.9 Å². The predicted octanol–water partition coefficient (Wildman–Crippen LogP) is 3.10. The number of carbonyl (C=O) groups is 2. The van der Waals surface area contributed by atoms with Gasteiger partial charge in [0.25, 0.3) is 5.91 Å². The van der Waals surface area contributed by atoms with Crippen LogP contribution >= 0.6 is 11.3 Å². The minimum absolute atomic E-state index is 0.270. The van der Waals surface area contributed by atoms with E-state index in [1.165, 1.54) is 15.6 Å². The Morgan fingerprint density at radius 2 is 1.74 bits per heavy atom. The number of nitrogens with zero attached hydrogens (tertiary/aromatic N) is 1. The molecule has 2 N–H and O–H groups in total. The summed E-state index contributed by atoms with van der Waals surface area (Å²) in [5.74, 6) is -0.973. The summed E-state index contributed by atoms with van der Waals surface area (Å²) >= 11 is 1.42. The summed E-state index contributed by atoms with van der Waals surface area (Å²) in [6, 6.07) is 7.11. The molecule has 1 aromatic carbocycles. The number of amides is 2. The van der Waals surface area contributed by atoms with E-state index in [2.05, 4.69) is 10.9 Å². The summed E-state index contributed by atoms with van der Waals surface area (Å²) in [6.45, 7) is 8.26. The number of hydrogen-bond acceptors (Lipinski definition) is 5. The van der Waals surface area contributed by atoms with Crippen LogP contribution in [0.25, 0.3) is 0 Å². The van der Waals surface area contributed by atoms with Gasteiger partial charge < -0.3 is 0 Å². The third-order valence-corrected chi connectivity index (χ3v) is 9.08. The van der Waals surface area contributed by atoms with E-state index in [-0.39, 0.29) is 30.8 Å². The van der Waals surface area contributed by atoms with Crippen LogP contribution in [0.15, 0.2) is 29.2 Å². The van der Waals surface area contributed by atoms with Gasteiger partial charge in [0.1, 0.15) is 0 Å². The van der Waals surface area contributed by atoms with Gasteiger partial charge in [-0.15, -0.1) is 11.3 Å². The number of hydrogen-bond donors (Lipinski definition) is 2. The molecule has 1 aliphatic rings. The Morgan fingerprint density at radius 1 is 1.06 bits per heavy atom. The maximum atomic E-state index is 13.0. The van der Waals surface area contributed by atoms with Crippen molar-refractivity contribution >= 4 is 33.2 Å². The maximum absolute atomic E-state index is 13.0. The third-order valence-electron chi connectivity index (χ3n) is 5.64. The van der Waals surface area contributed by atoms with Crippen molar-refractivity contribution in [1.82, 2.24) is 15.2 Å². The zero-order chi connectivity index (χ0) is 22.8.